The van der Waals surface area contributed by atoms with Gasteiger partial charge < -0.3 is 10.6 Å². The predicted octanol–water partition coefficient (Wildman–Crippen LogP) is 0.164. The molecule has 6 nitrogen and oxygen atoms in total. The molecular formula is C10H20N6. The molecule has 2 unspecified atom stereocenters. The van der Waals surface area contributed by atoms with Gasteiger partial charge in [0.2, 0.25) is 5.95 Å². The van der Waals surface area contributed by atoms with E-state index in [4.69, 9.17) is 5.73 Å². The molecule has 1 heterocycles. The van der Waals surface area contributed by atoms with Gasteiger partial charge >= 0.3 is 0 Å². The molecular weight excluding hydrogens is 204 g/mol. The summed E-state index contributed by atoms with van der Waals surface area (Å²) in [6.45, 7) is 3.82. The van der Waals surface area contributed by atoms with Gasteiger partial charge in [0.1, 0.15) is 0 Å². The average Bonchev–Trinajstić information content (AvgIpc) is 2.90. The molecule has 1 aliphatic carbocycles. The van der Waals surface area contributed by atoms with E-state index < -0.39 is 0 Å². The zero-order valence-corrected chi connectivity index (χ0v) is 10.0. The van der Waals surface area contributed by atoms with Crippen molar-refractivity contribution in [2.24, 2.45) is 18.7 Å². The summed E-state index contributed by atoms with van der Waals surface area (Å²) in [5, 5.41) is 11.7. The molecule has 6 heteroatoms. The van der Waals surface area contributed by atoms with Crippen LogP contribution < -0.4 is 10.6 Å². The van der Waals surface area contributed by atoms with Crippen molar-refractivity contribution in [3.05, 3.63) is 0 Å². The Morgan fingerprint density at radius 3 is 2.88 bits per heavy atom. The van der Waals surface area contributed by atoms with Crippen LogP contribution in [0.25, 0.3) is 0 Å². The van der Waals surface area contributed by atoms with Gasteiger partial charge in [0, 0.05) is 19.6 Å². The van der Waals surface area contributed by atoms with Crippen LogP contribution in [0.1, 0.15) is 26.2 Å². The molecule has 2 N–H and O–H groups in total. The van der Waals surface area contributed by atoms with E-state index in [0.29, 0.717) is 12.0 Å². The second kappa shape index (κ2) is 4.78. The molecule has 2 rings (SSSR count). The number of aromatic nitrogens is 4. The van der Waals surface area contributed by atoms with Crippen LogP contribution in [0.5, 0.6) is 0 Å². The average molecular weight is 224 g/mol. The Balaban J connectivity index is 2.19. The predicted molar refractivity (Wildman–Crippen MR) is 62.0 cm³/mol. The molecule has 1 fully saturated rings. The van der Waals surface area contributed by atoms with Crippen LogP contribution >= 0.6 is 0 Å². The van der Waals surface area contributed by atoms with Gasteiger partial charge in [-0.3, -0.25) is 0 Å². The summed E-state index contributed by atoms with van der Waals surface area (Å²) in [6, 6.07) is 0.500. The fraction of sp³-hybridized carbons (Fsp3) is 0.900. The molecule has 0 spiro atoms. The van der Waals surface area contributed by atoms with E-state index in [1.165, 1.54) is 19.3 Å². The second-order valence-corrected chi connectivity index (χ2v) is 4.38. The minimum Gasteiger partial charge on any atom is -0.337 e. The van der Waals surface area contributed by atoms with E-state index in [1.807, 2.05) is 7.05 Å². The zero-order valence-electron chi connectivity index (χ0n) is 10.0. The van der Waals surface area contributed by atoms with E-state index in [-0.39, 0.29) is 0 Å². The van der Waals surface area contributed by atoms with Gasteiger partial charge in [0.05, 0.1) is 0 Å². The van der Waals surface area contributed by atoms with Crippen molar-refractivity contribution < 1.29 is 0 Å². The maximum absolute atomic E-state index is 5.82. The molecule has 1 aromatic rings. The lowest BCUT2D eigenvalue weighted by atomic mass is 10.0. The number of nitrogens with zero attached hydrogens (tertiary/aromatic N) is 5. The SMILES string of the molecule is CCN(c1nnnn1C)C1CCCC1CN. The van der Waals surface area contributed by atoms with Crippen molar-refractivity contribution in [2.75, 3.05) is 18.0 Å². The largest absolute Gasteiger partial charge is 0.337 e. The standard InChI is InChI=1S/C10H20N6/c1-3-16(10-12-13-14-15(10)2)9-6-4-5-8(9)7-11/h8-9H,3-7,11H2,1-2H3. The number of anilines is 1. The van der Waals surface area contributed by atoms with E-state index in [2.05, 4.69) is 27.3 Å². The van der Waals surface area contributed by atoms with Gasteiger partial charge in [-0.2, -0.15) is 0 Å². The topological polar surface area (TPSA) is 72.9 Å². The highest BCUT2D eigenvalue weighted by Gasteiger charge is 2.32. The molecule has 0 aromatic carbocycles. The van der Waals surface area contributed by atoms with Crippen LogP contribution in [0.15, 0.2) is 0 Å². The molecule has 16 heavy (non-hydrogen) atoms. The minimum absolute atomic E-state index is 0.500. The van der Waals surface area contributed by atoms with Crippen LogP contribution in [0.3, 0.4) is 0 Å². The maximum atomic E-state index is 5.82. The number of tetrazole rings is 1. The first-order valence-corrected chi connectivity index (χ1v) is 5.97. The Labute approximate surface area is 95.8 Å². The first kappa shape index (κ1) is 11.3. The van der Waals surface area contributed by atoms with E-state index in [0.717, 1.165) is 19.0 Å². The van der Waals surface area contributed by atoms with Crippen molar-refractivity contribution in [2.45, 2.75) is 32.2 Å². The lowest BCUT2D eigenvalue weighted by molar-refractivity contribution is 0.452. The highest BCUT2D eigenvalue weighted by atomic mass is 15.6. The fourth-order valence-corrected chi connectivity index (χ4v) is 2.69. The van der Waals surface area contributed by atoms with Gasteiger partial charge in [0.25, 0.3) is 0 Å². The number of nitrogens with two attached hydrogens (primary N) is 1. The lowest BCUT2D eigenvalue weighted by Crippen LogP contribution is -2.41. The first-order valence-electron chi connectivity index (χ1n) is 5.97. The quantitative estimate of drug-likeness (QED) is 0.789. The molecule has 0 amide bonds. The molecule has 0 radical (unpaired) electrons. The smallest absolute Gasteiger partial charge is 0.245 e. The van der Waals surface area contributed by atoms with Crippen molar-refractivity contribution in [3.8, 4) is 0 Å². The summed E-state index contributed by atoms with van der Waals surface area (Å²) in [6.07, 6.45) is 3.68. The monoisotopic (exact) mass is 224 g/mol. The Bertz CT molecular complexity index is 336. The zero-order chi connectivity index (χ0) is 11.5. The second-order valence-electron chi connectivity index (χ2n) is 4.38. The number of hydrogen-bond donors (Lipinski definition) is 1. The first-order chi connectivity index (χ1) is 7.77. The molecule has 0 aliphatic heterocycles. The summed E-state index contributed by atoms with van der Waals surface area (Å²) >= 11 is 0. The van der Waals surface area contributed by atoms with E-state index in [9.17, 15) is 0 Å². The summed E-state index contributed by atoms with van der Waals surface area (Å²) < 4.78 is 1.73. The van der Waals surface area contributed by atoms with Gasteiger partial charge in [-0.1, -0.05) is 11.5 Å². The van der Waals surface area contributed by atoms with Crippen molar-refractivity contribution in [1.29, 1.82) is 0 Å². The van der Waals surface area contributed by atoms with Gasteiger partial charge in [0.15, 0.2) is 0 Å². The summed E-state index contributed by atoms with van der Waals surface area (Å²) in [4.78, 5) is 2.28. The van der Waals surface area contributed by atoms with Crippen molar-refractivity contribution >= 4 is 5.95 Å². The van der Waals surface area contributed by atoms with Crippen LogP contribution in [-0.4, -0.2) is 39.3 Å². The third-order valence-electron chi connectivity index (χ3n) is 3.52. The Hall–Kier alpha value is -1.17. The Morgan fingerprint density at radius 2 is 2.31 bits per heavy atom. The number of hydrogen-bond acceptors (Lipinski definition) is 5. The van der Waals surface area contributed by atoms with Crippen molar-refractivity contribution in [3.63, 3.8) is 0 Å². The third kappa shape index (κ3) is 1.89. The normalized spacial score (nSPS) is 24.9. The highest BCUT2D eigenvalue weighted by Crippen LogP contribution is 2.31. The van der Waals surface area contributed by atoms with Crippen molar-refractivity contribution in [1.82, 2.24) is 20.2 Å². The Kier molecular flexibility index (Phi) is 3.38. The van der Waals surface area contributed by atoms with Crippen LogP contribution in [0.2, 0.25) is 0 Å². The molecule has 90 valence electrons. The summed E-state index contributed by atoms with van der Waals surface area (Å²) in [5.74, 6) is 1.43. The van der Waals surface area contributed by atoms with Crippen LogP contribution in [0, 0.1) is 5.92 Å². The Morgan fingerprint density at radius 1 is 1.50 bits per heavy atom. The van der Waals surface area contributed by atoms with E-state index >= 15 is 0 Å². The molecule has 2 atom stereocenters. The van der Waals surface area contributed by atoms with Gasteiger partial charge in [-0.25, -0.2) is 4.68 Å². The summed E-state index contributed by atoms with van der Waals surface area (Å²) in [7, 11) is 1.88. The van der Waals surface area contributed by atoms with Gasteiger partial charge in [-0.05, 0) is 42.7 Å². The number of rotatable bonds is 4. The summed E-state index contributed by atoms with van der Waals surface area (Å²) in [5.41, 5.74) is 5.82. The van der Waals surface area contributed by atoms with Crippen LogP contribution in [-0.2, 0) is 7.05 Å². The lowest BCUT2D eigenvalue weighted by Gasteiger charge is -2.31. The maximum Gasteiger partial charge on any atom is 0.245 e. The molecule has 1 aliphatic rings. The molecule has 1 saturated carbocycles. The minimum atomic E-state index is 0.500. The van der Waals surface area contributed by atoms with E-state index in [1.54, 1.807) is 4.68 Å². The van der Waals surface area contributed by atoms with Crippen LogP contribution in [0.4, 0.5) is 5.95 Å². The molecule has 1 aromatic heterocycles. The van der Waals surface area contributed by atoms with Gasteiger partial charge in [-0.15, -0.1) is 0 Å². The highest BCUT2D eigenvalue weighted by molar-refractivity contribution is 5.30. The fourth-order valence-electron chi connectivity index (χ4n) is 2.69. The third-order valence-corrected chi connectivity index (χ3v) is 3.52. The number of aryl methyl sites for hydroxylation is 1. The molecule has 0 saturated heterocycles. The molecule has 0 bridgehead atoms.